The zero-order chi connectivity index (χ0) is 12.8. The maximum atomic E-state index is 4.22. The molecule has 2 rings (SSSR count). The topological polar surface area (TPSA) is 24.9 Å². The van der Waals surface area contributed by atoms with Crippen molar-refractivity contribution >= 4 is 0 Å². The zero-order valence-electron chi connectivity index (χ0n) is 11.0. The van der Waals surface area contributed by atoms with E-state index in [0.29, 0.717) is 12.0 Å². The van der Waals surface area contributed by atoms with Crippen molar-refractivity contribution < 1.29 is 0 Å². The van der Waals surface area contributed by atoms with Crippen LogP contribution in [-0.4, -0.2) is 12.0 Å². The maximum Gasteiger partial charge on any atom is 0.0402 e. The van der Waals surface area contributed by atoms with Crippen LogP contribution in [0.15, 0.2) is 54.9 Å². The summed E-state index contributed by atoms with van der Waals surface area (Å²) >= 11 is 0. The predicted octanol–water partition coefficient (Wildman–Crippen LogP) is 3.54. The number of nitrogens with zero attached hydrogens (tertiary/aromatic N) is 1. The highest BCUT2D eigenvalue weighted by Crippen LogP contribution is 2.32. The van der Waals surface area contributed by atoms with E-state index in [4.69, 9.17) is 0 Å². The highest BCUT2D eigenvalue weighted by Gasteiger charge is 2.21. The molecule has 0 amide bonds. The van der Waals surface area contributed by atoms with Gasteiger partial charge in [-0.3, -0.25) is 4.98 Å². The number of benzene rings is 1. The Bertz CT molecular complexity index is 408. The second kappa shape index (κ2) is 6.31. The average molecular weight is 240 g/mol. The Balaban J connectivity index is 2.31. The van der Waals surface area contributed by atoms with Gasteiger partial charge >= 0.3 is 0 Å². The molecule has 1 N–H and O–H groups in total. The highest BCUT2D eigenvalue weighted by atomic mass is 14.9. The summed E-state index contributed by atoms with van der Waals surface area (Å²) in [5, 5.41) is 3.43. The first-order chi connectivity index (χ1) is 8.86. The average Bonchev–Trinajstić information content (AvgIpc) is 2.46. The van der Waals surface area contributed by atoms with E-state index in [9.17, 15) is 0 Å². The molecule has 1 aromatic carbocycles. The van der Waals surface area contributed by atoms with E-state index in [1.807, 2.05) is 25.5 Å². The molecule has 0 aliphatic heterocycles. The van der Waals surface area contributed by atoms with E-state index in [1.165, 1.54) is 11.1 Å². The van der Waals surface area contributed by atoms with Crippen molar-refractivity contribution in [3.8, 4) is 0 Å². The van der Waals surface area contributed by atoms with Gasteiger partial charge in [-0.05, 0) is 30.7 Å². The fourth-order valence-electron chi connectivity index (χ4n) is 2.52. The first-order valence-electron chi connectivity index (χ1n) is 6.49. The Morgan fingerprint density at radius 1 is 1.06 bits per heavy atom. The smallest absolute Gasteiger partial charge is 0.0402 e. The van der Waals surface area contributed by atoms with Crippen LogP contribution < -0.4 is 5.32 Å². The molecule has 2 atom stereocenters. The summed E-state index contributed by atoms with van der Waals surface area (Å²) in [6.07, 6.45) is 4.87. The molecular formula is C16H20N2. The third-order valence-corrected chi connectivity index (χ3v) is 3.42. The number of hydrogen-bond donors (Lipinski definition) is 1. The largest absolute Gasteiger partial charge is 0.312 e. The number of rotatable bonds is 5. The minimum absolute atomic E-state index is 0.311. The number of hydrogen-bond acceptors (Lipinski definition) is 2. The van der Waals surface area contributed by atoms with E-state index in [1.54, 1.807) is 0 Å². The minimum Gasteiger partial charge on any atom is -0.312 e. The van der Waals surface area contributed by atoms with Gasteiger partial charge in [0.1, 0.15) is 0 Å². The third-order valence-electron chi connectivity index (χ3n) is 3.42. The van der Waals surface area contributed by atoms with E-state index in [2.05, 4.69) is 53.6 Å². The molecule has 0 saturated carbocycles. The van der Waals surface area contributed by atoms with E-state index in [0.717, 1.165) is 6.42 Å². The molecule has 0 spiro atoms. The van der Waals surface area contributed by atoms with Crippen molar-refractivity contribution in [1.29, 1.82) is 0 Å². The summed E-state index contributed by atoms with van der Waals surface area (Å²) in [7, 11) is 2.02. The second-order valence-corrected chi connectivity index (χ2v) is 4.48. The third kappa shape index (κ3) is 2.77. The summed E-state index contributed by atoms with van der Waals surface area (Å²) < 4.78 is 0. The highest BCUT2D eigenvalue weighted by molar-refractivity contribution is 5.26. The Kier molecular flexibility index (Phi) is 4.48. The second-order valence-electron chi connectivity index (χ2n) is 4.48. The molecule has 1 aromatic heterocycles. The first-order valence-corrected chi connectivity index (χ1v) is 6.49. The van der Waals surface area contributed by atoms with Crippen LogP contribution in [0.2, 0.25) is 0 Å². The van der Waals surface area contributed by atoms with Gasteiger partial charge in [-0.15, -0.1) is 0 Å². The SMILES string of the molecule is CCC(c1ccccc1)C(NC)c1cccnc1. The van der Waals surface area contributed by atoms with Gasteiger partial charge in [0.25, 0.3) is 0 Å². The molecule has 0 radical (unpaired) electrons. The molecule has 0 saturated heterocycles. The quantitative estimate of drug-likeness (QED) is 0.864. The summed E-state index contributed by atoms with van der Waals surface area (Å²) in [5.74, 6) is 0.473. The minimum atomic E-state index is 0.311. The van der Waals surface area contributed by atoms with Crippen molar-refractivity contribution in [2.75, 3.05) is 7.05 Å². The molecule has 2 heteroatoms. The fraction of sp³-hybridized carbons (Fsp3) is 0.312. The van der Waals surface area contributed by atoms with Crippen LogP contribution in [0, 0.1) is 0 Å². The van der Waals surface area contributed by atoms with Crippen LogP contribution in [0.3, 0.4) is 0 Å². The summed E-state index contributed by atoms with van der Waals surface area (Å²) in [4.78, 5) is 4.22. The maximum absolute atomic E-state index is 4.22. The van der Waals surface area contributed by atoms with Gasteiger partial charge in [0.2, 0.25) is 0 Å². The van der Waals surface area contributed by atoms with Gasteiger partial charge in [-0.2, -0.15) is 0 Å². The predicted molar refractivity (Wildman–Crippen MR) is 75.5 cm³/mol. The molecule has 2 aromatic rings. The lowest BCUT2D eigenvalue weighted by Gasteiger charge is -2.26. The molecule has 1 heterocycles. The van der Waals surface area contributed by atoms with Crippen LogP contribution in [0.4, 0.5) is 0 Å². The molecule has 0 fully saturated rings. The molecule has 0 aliphatic carbocycles. The van der Waals surface area contributed by atoms with Crippen molar-refractivity contribution in [2.45, 2.75) is 25.3 Å². The van der Waals surface area contributed by atoms with Crippen LogP contribution in [0.5, 0.6) is 0 Å². The molecule has 0 aliphatic rings. The van der Waals surface area contributed by atoms with Crippen LogP contribution in [0.1, 0.15) is 36.4 Å². The fourth-order valence-corrected chi connectivity index (χ4v) is 2.52. The summed E-state index contributed by atoms with van der Waals surface area (Å²) in [6.45, 7) is 2.23. The Morgan fingerprint density at radius 2 is 1.78 bits per heavy atom. The number of aromatic nitrogens is 1. The normalized spacial score (nSPS) is 14.1. The van der Waals surface area contributed by atoms with Crippen molar-refractivity contribution in [3.63, 3.8) is 0 Å². The molecular weight excluding hydrogens is 220 g/mol. The number of likely N-dealkylation sites (N-methyl/N-ethyl adjacent to an activating group) is 1. The van der Waals surface area contributed by atoms with Crippen molar-refractivity contribution in [3.05, 3.63) is 66.0 Å². The van der Waals surface area contributed by atoms with E-state index in [-0.39, 0.29) is 0 Å². The van der Waals surface area contributed by atoms with Crippen LogP contribution in [0.25, 0.3) is 0 Å². The van der Waals surface area contributed by atoms with Crippen LogP contribution >= 0.6 is 0 Å². The van der Waals surface area contributed by atoms with Crippen molar-refractivity contribution in [1.82, 2.24) is 10.3 Å². The molecule has 2 nitrogen and oxygen atoms in total. The van der Waals surface area contributed by atoms with E-state index >= 15 is 0 Å². The lowest BCUT2D eigenvalue weighted by Crippen LogP contribution is -2.23. The van der Waals surface area contributed by atoms with Gasteiger partial charge in [-0.1, -0.05) is 43.3 Å². The van der Waals surface area contributed by atoms with Gasteiger partial charge in [0, 0.05) is 24.4 Å². The van der Waals surface area contributed by atoms with Gasteiger partial charge in [-0.25, -0.2) is 0 Å². The lowest BCUT2D eigenvalue weighted by atomic mass is 9.86. The first kappa shape index (κ1) is 12.8. The molecule has 0 bridgehead atoms. The molecule has 94 valence electrons. The Labute approximate surface area is 109 Å². The Hall–Kier alpha value is -1.67. The van der Waals surface area contributed by atoms with Crippen LogP contribution in [-0.2, 0) is 0 Å². The zero-order valence-corrected chi connectivity index (χ0v) is 11.0. The van der Waals surface area contributed by atoms with Gasteiger partial charge in [0.15, 0.2) is 0 Å². The van der Waals surface area contributed by atoms with Gasteiger partial charge < -0.3 is 5.32 Å². The monoisotopic (exact) mass is 240 g/mol. The Morgan fingerprint density at radius 3 is 2.33 bits per heavy atom. The summed E-state index contributed by atoms with van der Waals surface area (Å²) in [5.41, 5.74) is 2.62. The van der Waals surface area contributed by atoms with E-state index < -0.39 is 0 Å². The number of nitrogens with one attached hydrogen (secondary N) is 1. The van der Waals surface area contributed by atoms with Crippen molar-refractivity contribution in [2.24, 2.45) is 0 Å². The van der Waals surface area contributed by atoms with Gasteiger partial charge in [0.05, 0.1) is 0 Å². The summed E-state index contributed by atoms with van der Waals surface area (Å²) in [6, 6.07) is 15.1. The number of pyridine rings is 1. The standard InChI is InChI=1S/C16H20N2/c1-3-15(13-8-5-4-6-9-13)16(17-2)14-10-7-11-18-12-14/h4-12,15-17H,3H2,1-2H3. The lowest BCUT2D eigenvalue weighted by molar-refractivity contribution is 0.467. The molecule has 18 heavy (non-hydrogen) atoms. The molecule has 2 unspecified atom stereocenters.